The van der Waals surface area contributed by atoms with Crippen molar-refractivity contribution in [3.63, 3.8) is 0 Å². The zero-order valence-corrected chi connectivity index (χ0v) is 16.6. The molecule has 138 valence electrons. The van der Waals surface area contributed by atoms with Crippen molar-refractivity contribution in [2.45, 2.75) is 32.1 Å². The smallest absolute Gasteiger partial charge is 0.235 e. The maximum absolute atomic E-state index is 12.7. The monoisotopic (exact) mass is 371 g/mol. The Balaban J connectivity index is 1.95. The highest BCUT2D eigenvalue weighted by atomic mass is 32.2. The van der Waals surface area contributed by atoms with Gasteiger partial charge in [0.1, 0.15) is 11.5 Å². The molecule has 2 aromatic heterocycles. The van der Waals surface area contributed by atoms with Crippen LogP contribution in [0.3, 0.4) is 0 Å². The van der Waals surface area contributed by atoms with Crippen LogP contribution in [0.1, 0.15) is 25.1 Å². The summed E-state index contributed by atoms with van der Waals surface area (Å²) in [6, 6.07) is 5.72. The molecule has 0 aromatic carbocycles. The normalized spacial score (nSPS) is 14.7. The Morgan fingerprint density at radius 3 is 2.81 bits per heavy atom. The summed E-state index contributed by atoms with van der Waals surface area (Å²) in [4.78, 5) is 30.5. The molecule has 0 bridgehead atoms. The molecular weight excluding hydrogens is 346 g/mol. The first-order chi connectivity index (χ1) is 12.5. The predicted molar refractivity (Wildman–Crippen MR) is 106 cm³/mol. The van der Waals surface area contributed by atoms with Crippen LogP contribution in [-0.4, -0.2) is 57.4 Å². The molecule has 6 nitrogen and oxygen atoms in total. The number of nitrogens with zero attached hydrogens (tertiary/aromatic N) is 5. The molecule has 3 heterocycles. The summed E-state index contributed by atoms with van der Waals surface area (Å²) in [6.07, 6.45) is 2.52. The van der Waals surface area contributed by atoms with Crippen molar-refractivity contribution in [3.05, 3.63) is 35.7 Å². The molecule has 3 rings (SSSR count). The highest BCUT2D eigenvalue weighted by molar-refractivity contribution is 8.00. The summed E-state index contributed by atoms with van der Waals surface area (Å²) in [5, 5.41) is -0.0213. The van der Waals surface area contributed by atoms with Crippen LogP contribution in [0.4, 0.5) is 5.82 Å². The molecule has 0 aliphatic carbocycles. The molecule has 0 saturated carbocycles. The number of aromatic nitrogens is 3. The average molecular weight is 372 g/mol. The number of hydrogen-bond acceptors (Lipinski definition) is 6. The van der Waals surface area contributed by atoms with Gasteiger partial charge in [-0.2, -0.15) is 0 Å². The number of rotatable bonds is 5. The van der Waals surface area contributed by atoms with Gasteiger partial charge in [-0.3, -0.25) is 9.78 Å². The van der Waals surface area contributed by atoms with Crippen molar-refractivity contribution in [1.82, 2.24) is 19.9 Å². The molecule has 0 fully saturated rings. The Kier molecular flexibility index (Phi) is 5.76. The zero-order chi connectivity index (χ0) is 18.7. The standard InChI is InChI=1S/C19H25N5OS/c1-5-26-13(2)19(25)24-11-9-14-16(12-24)21-17(22-18(14)23(3)4)15-8-6-7-10-20-15/h6-8,10,13H,5,9,11-12H2,1-4H3. The minimum Gasteiger partial charge on any atom is -0.362 e. The van der Waals surface area contributed by atoms with Gasteiger partial charge < -0.3 is 9.80 Å². The van der Waals surface area contributed by atoms with Crippen molar-refractivity contribution in [2.75, 3.05) is 31.3 Å². The van der Waals surface area contributed by atoms with Crippen LogP contribution in [0.2, 0.25) is 0 Å². The lowest BCUT2D eigenvalue weighted by Gasteiger charge is -2.32. The molecule has 0 spiro atoms. The summed E-state index contributed by atoms with van der Waals surface area (Å²) in [5.41, 5.74) is 2.81. The minimum atomic E-state index is -0.0213. The fraction of sp³-hybridized carbons (Fsp3) is 0.474. The average Bonchev–Trinajstić information content (AvgIpc) is 2.66. The van der Waals surface area contributed by atoms with Crippen molar-refractivity contribution >= 4 is 23.5 Å². The van der Waals surface area contributed by atoms with Gasteiger partial charge >= 0.3 is 0 Å². The van der Waals surface area contributed by atoms with E-state index >= 15 is 0 Å². The summed E-state index contributed by atoms with van der Waals surface area (Å²) < 4.78 is 0. The number of fused-ring (bicyclic) bond motifs is 1. The zero-order valence-electron chi connectivity index (χ0n) is 15.8. The van der Waals surface area contributed by atoms with E-state index in [-0.39, 0.29) is 11.2 Å². The summed E-state index contributed by atoms with van der Waals surface area (Å²) in [7, 11) is 3.98. The van der Waals surface area contributed by atoms with Gasteiger partial charge in [-0.05, 0) is 31.2 Å². The van der Waals surface area contributed by atoms with Crippen molar-refractivity contribution in [1.29, 1.82) is 0 Å². The highest BCUT2D eigenvalue weighted by Gasteiger charge is 2.28. The Labute approximate surface area is 159 Å². The second kappa shape index (κ2) is 8.03. The first kappa shape index (κ1) is 18.6. The number of hydrogen-bond donors (Lipinski definition) is 0. The molecule has 0 saturated heterocycles. The molecule has 1 atom stereocenters. The fourth-order valence-corrected chi connectivity index (χ4v) is 3.95. The number of pyridine rings is 1. The first-order valence-corrected chi connectivity index (χ1v) is 9.95. The second-order valence-electron chi connectivity index (χ2n) is 6.51. The van der Waals surface area contributed by atoms with Crippen LogP contribution < -0.4 is 4.90 Å². The summed E-state index contributed by atoms with van der Waals surface area (Å²) in [5.74, 6) is 2.65. The van der Waals surface area contributed by atoms with E-state index in [2.05, 4.69) is 11.9 Å². The number of anilines is 1. The minimum absolute atomic E-state index is 0.0213. The molecule has 1 amide bonds. The van der Waals surface area contributed by atoms with E-state index in [1.807, 2.05) is 49.0 Å². The third-order valence-electron chi connectivity index (χ3n) is 4.44. The number of carbonyl (C=O) groups is 1. The van der Waals surface area contributed by atoms with E-state index in [9.17, 15) is 4.79 Å². The lowest BCUT2D eigenvalue weighted by molar-refractivity contribution is -0.131. The van der Waals surface area contributed by atoms with Gasteiger partial charge in [0.15, 0.2) is 5.82 Å². The predicted octanol–water partition coefficient (Wildman–Crippen LogP) is 2.63. The maximum atomic E-state index is 12.7. The van der Waals surface area contributed by atoms with Crippen LogP contribution in [0.15, 0.2) is 24.4 Å². The lowest BCUT2D eigenvalue weighted by Crippen LogP contribution is -2.41. The SMILES string of the molecule is CCSC(C)C(=O)N1CCc2c(nc(-c3ccccn3)nc2N(C)C)C1. The topological polar surface area (TPSA) is 62.2 Å². The molecule has 2 aromatic rings. The summed E-state index contributed by atoms with van der Waals surface area (Å²) >= 11 is 1.68. The maximum Gasteiger partial charge on any atom is 0.235 e. The van der Waals surface area contributed by atoms with E-state index in [1.165, 1.54) is 0 Å². The van der Waals surface area contributed by atoms with Crippen molar-refractivity contribution in [2.24, 2.45) is 0 Å². The fourth-order valence-electron chi connectivity index (χ4n) is 3.16. The molecule has 1 aliphatic heterocycles. The van der Waals surface area contributed by atoms with Crippen LogP contribution in [0.25, 0.3) is 11.5 Å². The van der Waals surface area contributed by atoms with E-state index in [0.717, 1.165) is 34.9 Å². The van der Waals surface area contributed by atoms with Gasteiger partial charge in [0.05, 0.1) is 17.5 Å². The van der Waals surface area contributed by atoms with Gasteiger partial charge in [0.2, 0.25) is 5.91 Å². The molecule has 1 unspecified atom stereocenters. The Morgan fingerprint density at radius 2 is 2.15 bits per heavy atom. The van der Waals surface area contributed by atoms with Crippen LogP contribution in [-0.2, 0) is 17.8 Å². The number of carbonyl (C=O) groups excluding carboxylic acids is 1. The van der Waals surface area contributed by atoms with Gasteiger partial charge in [-0.25, -0.2) is 9.97 Å². The number of thioether (sulfide) groups is 1. The molecule has 26 heavy (non-hydrogen) atoms. The van der Waals surface area contributed by atoms with Gasteiger partial charge in [-0.1, -0.05) is 13.0 Å². The van der Waals surface area contributed by atoms with E-state index in [4.69, 9.17) is 9.97 Å². The van der Waals surface area contributed by atoms with Crippen LogP contribution in [0, 0.1) is 0 Å². The van der Waals surface area contributed by atoms with E-state index < -0.39 is 0 Å². The Morgan fingerprint density at radius 1 is 1.35 bits per heavy atom. The van der Waals surface area contributed by atoms with Crippen molar-refractivity contribution < 1.29 is 4.79 Å². The Bertz CT molecular complexity index is 781. The van der Waals surface area contributed by atoms with Gasteiger partial charge in [-0.15, -0.1) is 11.8 Å². The molecule has 7 heteroatoms. The van der Waals surface area contributed by atoms with E-state index in [0.29, 0.717) is 18.9 Å². The largest absolute Gasteiger partial charge is 0.362 e. The summed E-state index contributed by atoms with van der Waals surface area (Å²) in [6.45, 7) is 5.31. The highest BCUT2D eigenvalue weighted by Crippen LogP contribution is 2.29. The second-order valence-corrected chi connectivity index (χ2v) is 8.13. The van der Waals surface area contributed by atoms with Gasteiger partial charge in [0, 0.05) is 32.4 Å². The van der Waals surface area contributed by atoms with Crippen LogP contribution >= 0.6 is 11.8 Å². The lowest BCUT2D eigenvalue weighted by atomic mass is 10.0. The quantitative estimate of drug-likeness (QED) is 0.805. The third-order valence-corrected chi connectivity index (χ3v) is 5.47. The third kappa shape index (κ3) is 3.82. The number of amides is 1. The molecule has 0 N–H and O–H groups in total. The van der Waals surface area contributed by atoms with E-state index in [1.54, 1.807) is 18.0 Å². The van der Waals surface area contributed by atoms with Gasteiger partial charge in [0.25, 0.3) is 0 Å². The molecule has 1 aliphatic rings. The first-order valence-electron chi connectivity index (χ1n) is 8.90. The Hall–Kier alpha value is -2.15. The molecular formula is C19H25N5OS. The van der Waals surface area contributed by atoms with Crippen LogP contribution in [0.5, 0.6) is 0 Å². The molecule has 0 radical (unpaired) electrons. The van der Waals surface area contributed by atoms with Crippen molar-refractivity contribution in [3.8, 4) is 11.5 Å².